The van der Waals surface area contributed by atoms with E-state index in [-0.39, 0.29) is 0 Å². The maximum atomic E-state index is 6.18. The molecule has 0 saturated heterocycles. The van der Waals surface area contributed by atoms with E-state index in [1.54, 1.807) is 0 Å². The summed E-state index contributed by atoms with van der Waals surface area (Å²) in [5, 5.41) is 2.48. The van der Waals surface area contributed by atoms with Crippen molar-refractivity contribution in [1.29, 1.82) is 0 Å². The lowest BCUT2D eigenvalue weighted by atomic mass is 9.98. The Bertz CT molecular complexity index is 1010. The smallest absolute Gasteiger partial charge is 0.0730 e. The fourth-order valence-electron chi connectivity index (χ4n) is 2.83. The molecular formula is C21H13Cl2N. The van der Waals surface area contributed by atoms with Gasteiger partial charge in [0.15, 0.2) is 0 Å². The van der Waals surface area contributed by atoms with Crippen molar-refractivity contribution in [3.05, 3.63) is 88.9 Å². The standard InChI is InChI=1S/C21H13Cl2N/c22-16-8-6-15(7-9-16)20-13-19(14-4-2-1-3-5-14)18-11-10-17(23)12-21(18)24-20/h1-13H. The van der Waals surface area contributed by atoms with Crippen LogP contribution in [-0.2, 0) is 0 Å². The number of benzene rings is 3. The first-order valence-electron chi connectivity index (χ1n) is 7.62. The van der Waals surface area contributed by atoms with E-state index in [1.165, 1.54) is 0 Å². The van der Waals surface area contributed by atoms with Crippen LogP contribution < -0.4 is 0 Å². The predicted octanol–water partition coefficient (Wildman–Crippen LogP) is 6.88. The zero-order valence-electron chi connectivity index (χ0n) is 12.7. The molecule has 0 aliphatic rings. The fraction of sp³-hybridized carbons (Fsp3) is 0. The van der Waals surface area contributed by atoms with Gasteiger partial charge in [0.05, 0.1) is 11.2 Å². The van der Waals surface area contributed by atoms with Gasteiger partial charge in [0.1, 0.15) is 0 Å². The van der Waals surface area contributed by atoms with Gasteiger partial charge in [-0.05, 0) is 41.5 Å². The third-order valence-electron chi connectivity index (χ3n) is 4.00. The number of nitrogens with zero attached hydrogens (tertiary/aromatic N) is 1. The highest BCUT2D eigenvalue weighted by molar-refractivity contribution is 6.31. The van der Waals surface area contributed by atoms with Crippen molar-refractivity contribution < 1.29 is 0 Å². The third-order valence-corrected chi connectivity index (χ3v) is 4.48. The fourth-order valence-corrected chi connectivity index (χ4v) is 3.12. The van der Waals surface area contributed by atoms with Gasteiger partial charge in [0, 0.05) is 21.0 Å². The summed E-state index contributed by atoms with van der Waals surface area (Å²) >= 11 is 12.2. The molecule has 24 heavy (non-hydrogen) atoms. The lowest BCUT2D eigenvalue weighted by Gasteiger charge is -2.11. The number of fused-ring (bicyclic) bond motifs is 1. The first kappa shape index (κ1) is 15.2. The number of pyridine rings is 1. The minimum Gasteiger partial charge on any atom is -0.248 e. The number of aromatic nitrogens is 1. The highest BCUT2D eigenvalue weighted by Crippen LogP contribution is 2.33. The van der Waals surface area contributed by atoms with Crippen LogP contribution in [0.25, 0.3) is 33.3 Å². The molecule has 0 amide bonds. The van der Waals surface area contributed by atoms with Crippen molar-refractivity contribution in [3.8, 4) is 22.4 Å². The molecule has 0 fully saturated rings. The van der Waals surface area contributed by atoms with Crippen molar-refractivity contribution in [1.82, 2.24) is 4.98 Å². The maximum Gasteiger partial charge on any atom is 0.0730 e. The molecule has 0 aliphatic heterocycles. The summed E-state index contributed by atoms with van der Waals surface area (Å²) in [4.78, 5) is 4.79. The van der Waals surface area contributed by atoms with Crippen LogP contribution >= 0.6 is 23.2 Å². The summed E-state index contributed by atoms with van der Waals surface area (Å²) < 4.78 is 0. The Balaban J connectivity index is 2.01. The first-order chi connectivity index (χ1) is 11.7. The summed E-state index contributed by atoms with van der Waals surface area (Å²) in [5.41, 5.74) is 5.11. The Hall–Kier alpha value is -2.35. The molecule has 1 aromatic heterocycles. The molecule has 116 valence electrons. The van der Waals surface area contributed by atoms with E-state index in [1.807, 2.05) is 60.7 Å². The quantitative estimate of drug-likeness (QED) is 0.384. The molecule has 4 rings (SSSR count). The molecule has 0 saturated carbocycles. The number of rotatable bonds is 2. The van der Waals surface area contributed by atoms with Crippen LogP contribution in [0, 0.1) is 0 Å². The van der Waals surface area contributed by atoms with E-state index < -0.39 is 0 Å². The van der Waals surface area contributed by atoms with Gasteiger partial charge in [-0.15, -0.1) is 0 Å². The second kappa shape index (κ2) is 6.27. The highest BCUT2D eigenvalue weighted by atomic mass is 35.5. The molecule has 4 aromatic rings. The summed E-state index contributed by atoms with van der Waals surface area (Å²) in [6.45, 7) is 0. The maximum absolute atomic E-state index is 6.18. The van der Waals surface area contributed by atoms with Gasteiger partial charge < -0.3 is 0 Å². The Labute approximate surface area is 150 Å². The SMILES string of the molecule is Clc1ccc(-c2cc(-c3ccccc3)c3ccc(Cl)cc3n2)cc1. The van der Waals surface area contributed by atoms with Crippen LogP contribution in [0.1, 0.15) is 0 Å². The average molecular weight is 350 g/mol. The molecule has 0 unspecified atom stereocenters. The van der Waals surface area contributed by atoms with Gasteiger partial charge in [-0.25, -0.2) is 4.98 Å². The van der Waals surface area contributed by atoms with Crippen LogP contribution in [0.15, 0.2) is 78.9 Å². The number of hydrogen-bond donors (Lipinski definition) is 0. The zero-order chi connectivity index (χ0) is 16.5. The Morgan fingerprint density at radius 3 is 2.08 bits per heavy atom. The summed E-state index contributed by atoms with van der Waals surface area (Å²) in [5.74, 6) is 0. The van der Waals surface area contributed by atoms with E-state index in [0.717, 1.165) is 33.3 Å². The predicted molar refractivity (Wildman–Crippen MR) is 103 cm³/mol. The first-order valence-corrected chi connectivity index (χ1v) is 8.38. The summed E-state index contributed by atoms with van der Waals surface area (Å²) in [6, 6.07) is 26.0. The third kappa shape index (κ3) is 2.89. The topological polar surface area (TPSA) is 12.9 Å². The van der Waals surface area contributed by atoms with Gasteiger partial charge in [-0.1, -0.05) is 71.7 Å². The second-order valence-electron chi connectivity index (χ2n) is 5.59. The van der Waals surface area contributed by atoms with Crippen molar-refractivity contribution >= 4 is 34.1 Å². The van der Waals surface area contributed by atoms with Crippen LogP contribution in [0.4, 0.5) is 0 Å². The number of hydrogen-bond acceptors (Lipinski definition) is 1. The largest absolute Gasteiger partial charge is 0.248 e. The summed E-state index contributed by atoms with van der Waals surface area (Å²) in [7, 11) is 0. The van der Waals surface area contributed by atoms with Crippen molar-refractivity contribution in [2.24, 2.45) is 0 Å². The Morgan fingerprint density at radius 2 is 1.33 bits per heavy atom. The molecule has 3 aromatic carbocycles. The lowest BCUT2D eigenvalue weighted by Crippen LogP contribution is -1.90. The molecule has 0 N–H and O–H groups in total. The van der Waals surface area contributed by atoms with Gasteiger partial charge in [-0.2, -0.15) is 0 Å². The lowest BCUT2D eigenvalue weighted by molar-refractivity contribution is 1.40. The minimum atomic E-state index is 0.683. The van der Waals surface area contributed by atoms with E-state index in [0.29, 0.717) is 10.0 Å². The molecule has 0 bridgehead atoms. The summed E-state index contributed by atoms with van der Waals surface area (Å²) in [6.07, 6.45) is 0. The van der Waals surface area contributed by atoms with Crippen LogP contribution in [0.2, 0.25) is 10.0 Å². The molecule has 0 aliphatic carbocycles. The Kier molecular flexibility index (Phi) is 3.97. The number of halogens is 2. The molecule has 3 heteroatoms. The van der Waals surface area contributed by atoms with Crippen molar-refractivity contribution in [2.45, 2.75) is 0 Å². The zero-order valence-corrected chi connectivity index (χ0v) is 14.2. The molecule has 0 atom stereocenters. The molecule has 1 heterocycles. The molecule has 0 radical (unpaired) electrons. The average Bonchev–Trinajstić information content (AvgIpc) is 2.62. The van der Waals surface area contributed by atoms with Crippen molar-refractivity contribution in [3.63, 3.8) is 0 Å². The van der Waals surface area contributed by atoms with Gasteiger partial charge in [0.2, 0.25) is 0 Å². The van der Waals surface area contributed by atoms with E-state index in [9.17, 15) is 0 Å². The highest BCUT2D eigenvalue weighted by Gasteiger charge is 2.10. The Morgan fingerprint density at radius 1 is 0.625 bits per heavy atom. The van der Waals surface area contributed by atoms with Crippen LogP contribution in [0.3, 0.4) is 0 Å². The van der Waals surface area contributed by atoms with Crippen LogP contribution in [0.5, 0.6) is 0 Å². The molecule has 0 spiro atoms. The normalized spacial score (nSPS) is 10.9. The molecular weight excluding hydrogens is 337 g/mol. The van der Waals surface area contributed by atoms with E-state index in [2.05, 4.69) is 18.2 Å². The van der Waals surface area contributed by atoms with Crippen LogP contribution in [-0.4, -0.2) is 4.98 Å². The van der Waals surface area contributed by atoms with Gasteiger partial charge >= 0.3 is 0 Å². The van der Waals surface area contributed by atoms with Gasteiger partial charge in [-0.3, -0.25) is 0 Å². The monoisotopic (exact) mass is 349 g/mol. The van der Waals surface area contributed by atoms with E-state index in [4.69, 9.17) is 28.2 Å². The second-order valence-corrected chi connectivity index (χ2v) is 6.46. The van der Waals surface area contributed by atoms with E-state index >= 15 is 0 Å². The van der Waals surface area contributed by atoms with Gasteiger partial charge in [0.25, 0.3) is 0 Å². The molecule has 1 nitrogen and oxygen atoms in total. The minimum absolute atomic E-state index is 0.683. The van der Waals surface area contributed by atoms with Crippen molar-refractivity contribution in [2.75, 3.05) is 0 Å².